The monoisotopic (exact) mass is 273 g/mol. The molecule has 1 aliphatic heterocycles. The van der Waals surface area contributed by atoms with Gasteiger partial charge in [-0.1, -0.05) is 6.92 Å². The van der Waals surface area contributed by atoms with Gasteiger partial charge in [-0.2, -0.15) is 5.26 Å². The maximum atomic E-state index is 11.9. The number of rotatable bonds is 3. The number of anilines is 1. The molecule has 2 N–H and O–H groups in total. The first kappa shape index (κ1) is 13.9. The van der Waals surface area contributed by atoms with Crippen molar-refractivity contribution in [3.05, 3.63) is 29.8 Å². The van der Waals surface area contributed by atoms with Gasteiger partial charge in [-0.3, -0.25) is 4.79 Å². The summed E-state index contributed by atoms with van der Waals surface area (Å²) in [6, 6.07) is 8.33. The second-order valence-corrected chi connectivity index (χ2v) is 4.91. The Balaban J connectivity index is 1.85. The van der Waals surface area contributed by atoms with Crippen molar-refractivity contribution in [1.29, 1.82) is 5.26 Å². The molecule has 6 heteroatoms. The summed E-state index contributed by atoms with van der Waals surface area (Å²) in [5.41, 5.74) is 1.14. The molecule has 1 aliphatic rings. The Kier molecular flexibility index (Phi) is 3.89. The van der Waals surface area contributed by atoms with Gasteiger partial charge in [0.15, 0.2) is 0 Å². The van der Waals surface area contributed by atoms with Gasteiger partial charge in [0.2, 0.25) is 0 Å². The van der Waals surface area contributed by atoms with E-state index in [1.54, 1.807) is 36.1 Å². The molecule has 1 heterocycles. The highest BCUT2D eigenvalue weighted by atomic mass is 16.4. The molecule has 2 rings (SSSR count). The number of likely N-dealkylation sites (tertiary alicyclic amines) is 1. The molecule has 1 unspecified atom stereocenters. The van der Waals surface area contributed by atoms with E-state index in [4.69, 9.17) is 10.4 Å². The van der Waals surface area contributed by atoms with Crippen LogP contribution in [-0.4, -0.2) is 35.1 Å². The molecule has 0 saturated carbocycles. The normalized spacial score (nSPS) is 15.9. The Hall–Kier alpha value is -2.55. The van der Waals surface area contributed by atoms with Gasteiger partial charge < -0.3 is 15.3 Å². The fourth-order valence-corrected chi connectivity index (χ4v) is 2.03. The predicted molar refractivity (Wildman–Crippen MR) is 72.0 cm³/mol. The van der Waals surface area contributed by atoms with Gasteiger partial charge in [-0.25, -0.2) is 4.79 Å². The lowest BCUT2D eigenvalue weighted by Crippen LogP contribution is -2.54. The van der Waals surface area contributed by atoms with Crippen LogP contribution in [-0.2, 0) is 4.79 Å². The Labute approximate surface area is 116 Å². The molecular weight excluding hydrogens is 258 g/mol. The van der Waals surface area contributed by atoms with Crippen molar-refractivity contribution in [3.8, 4) is 6.07 Å². The minimum atomic E-state index is -0.831. The van der Waals surface area contributed by atoms with Gasteiger partial charge in [-0.15, -0.1) is 0 Å². The van der Waals surface area contributed by atoms with Crippen LogP contribution >= 0.6 is 0 Å². The van der Waals surface area contributed by atoms with Gasteiger partial charge in [0, 0.05) is 24.7 Å². The third-order valence-corrected chi connectivity index (χ3v) is 3.56. The average molecular weight is 273 g/mol. The number of aliphatic carboxylic acids is 1. The second-order valence-electron chi connectivity index (χ2n) is 4.91. The lowest BCUT2D eigenvalue weighted by Gasteiger charge is -2.41. The summed E-state index contributed by atoms with van der Waals surface area (Å²) in [5.74, 6) is -1.25. The zero-order valence-electron chi connectivity index (χ0n) is 11.0. The zero-order valence-corrected chi connectivity index (χ0v) is 11.0. The SMILES string of the molecule is CC(C(=O)O)C1CN(C(=O)Nc2ccc(C#N)cc2)C1. The number of urea groups is 1. The molecule has 0 spiro atoms. The van der Waals surface area contributed by atoms with Gasteiger partial charge in [0.25, 0.3) is 0 Å². The minimum Gasteiger partial charge on any atom is -0.481 e. The fraction of sp³-hybridized carbons (Fsp3) is 0.357. The first-order valence-corrected chi connectivity index (χ1v) is 6.30. The molecule has 0 bridgehead atoms. The number of hydrogen-bond donors (Lipinski definition) is 2. The lowest BCUT2D eigenvalue weighted by atomic mass is 9.87. The number of amides is 2. The van der Waals surface area contributed by atoms with Gasteiger partial charge in [0.1, 0.15) is 0 Å². The highest BCUT2D eigenvalue weighted by Gasteiger charge is 2.37. The van der Waals surface area contributed by atoms with E-state index in [0.29, 0.717) is 24.3 Å². The standard InChI is InChI=1S/C14H15N3O3/c1-9(13(18)19)11-7-17(8-11)14(20)16-12-4-2-10(6-15)3-5-12/h2-5,9,11H,7-8H2,1H3,(H,16,20)(H,18,19). The van der Waals surface area contributed by atoms with E-state index in [2.05, 4.69) is 5.32 Å². The van der Waals surface area contributed by atoms with Crippen LogP contribution in [0.4, 0.5) is 10.5 Å². The van der Waals surface area contributed by atoms with E-state index in [9.17, 15) is 9.59 Å². The molecule has 6 nitrogen and oxygen atoms in total. The van der Waals surface area contributed by atoms with Crippen molar-refractivity contribution >= 4 is 17.7 Å². The van der Waals surface area contributed by atoms with E-state index in [0.717, 1.165) is 0 Å². The number of nitrogens with zero attached hydrogens (tertiary/aromatic N) is 2. The van der Waals surface area contributed by atoms with Crippen molar-refractivity contribution in [2.45, 2.75) is 6.92 Å². The predicted octanol–water partition coefficient (Wildman–Crippen LogP) is 1.74. The van der Waals surface area contributed by atoms with Crippen molar-refractivity contribution in [2.24, 2.45) is 11.8 Å². The van der Waals surface area contributed by atoms with Crippen LogP contribution in [0, 0.1) is 23.2 Å². The fourth-order valence-electron chi connectivity index (χ4n) is 2.03. The maximum Gasteiger partial charge on any atom is 0.321 e. The third kappa shape index (κ3) is 2.88. The van der Waals surface area contributed by atoms with Crippen molar-refractivity contribution in [2.75, 3.05) is 18.4 Å². The first-order chi connectivity index (χ1) is 9.51. The average Bonchev–Trinajstić information content (AvgIpc) is 2.37. The molecular formula is C14H15N3O3. The molecule has 0 aromatic heterocycles. The molecule has 0 aliphatic carbocycles. The number of nitriles is 1. The smallest absolute Gasteiger partial charge is 0.321 e. The number of carboxylic acids is 1. The topological polar surface area (TPSA) is 93.4 Å². The zero-order chi connectivity index (χ0) is 14.7. The number of carboxylic acid groups (broad SMARTS) is 1. The largest absolute Gasteiger partial charge is 0.481 e. The van der Waals surface area contributed by atoms with E-state index in [1.807, 2.05) is 6.07 Å². The Bertz CT molecular complexity index is 556. The molecule has 2 amide bonds. The van der Waals surface area contributed by atoms with Gasteiger partial charge in [0.05, 0.1) is 17.6 Å². The Morgan fingerprint density at radius 2 is 2.00 bits per heavy atom. The number of nitrogens with one attached hydrogen (secondary N) is 1. The van der Waals surface area contributed by atoms with Crippen LogP contribution in [0.5, 0.6) is 0 Å². The molecule has 1 fully saturated rings. The lowest BCUT2D eigenvalue weighted by molar-refractivity contribution is -0.144. The highest BCUT2D eigenvalue weighted by molar-refractivity contribution is 5.90. The number of hydrogen-bond acceptors (Lipinski definition) is 3. The van der Waals surface area contributed by atoms with Crippen molar-refractivity contribution < 1.29 is 14.7 Å². The van der Waals surface area contributed by atoms with Crippen LogP contribution in [0.1, 0.15) is 12.5 Å². The first-order valence-electron chi connectivity index (χ1n) is 6.30. The van der Waals surface area contributed by atoms with Crippen LogP contribution < -0.4 is 5.32 Å². The van der Waals surface area contributed by atoms with E-state index < -0.39 is 11.9 Å². The summed E-state index contributed by atoms with van der Waals surface area (Å²) >= 11 is 0. The van der Waals surface area contributed by atoms with Gasteiger partial charge >= 0.3 is 12.0 Å². The van der Waals surface area contributed by atoms with Crippen LogP contribution in [0.25, 0.3) is 0 Å². The molecule has 1 saturated heterocycles. The molecule has 104 valence electrons. The summed E-state index contributed by atoms with van der Waals surface area (Å²) in [4.78, 5) is 24.3. The number of benzene rings is 1. The van der Waals surface area contributed by atoms with Crippen molar-refractivity contribution in [1.82, 2.24) is 4.90 Å². The molecule has 0 radical (unpaired) electrons. The van der Waals surface area contributed by atoms with E-state index in [-0.39, 0.29) is 11.9 Å². The highest BCUT2D eigenvalue weighted by Crippen LogP contribution is 2.24. The maximum absolute atomic E-state index is 11.9. The second kappa shape index (κ2) is 5.61. The summed E-state index contributed by atoms with van der Waals surface area (Å²) < 4.78 is 0. The summed E-state index contributed by atoms with van der Waals surface area (Å²) in [6.45, 7) is 2.56. The van der Waals surface area contributed by atoms with Crippen LogP contribution in [0.3, 0.4) is 0 Å². The molecule has 1 aromatic carbocycles. The number of carbonyl (C=O) groups excluding carboxylic acids is 1. The molecule has 20 heavy (non-hydrogen) atoms. The van der Waals surface area contributed by atoms with Crippen LogP contribution in [0.2, 0.25) is 0 Å². The van der Waals surface area contributed by atoms with E-state index >= 15 is 0 Å². The van der Waals surface area contributed by atoms with Gasteiger partial charge in [-0.05, 0) is 24.3 Å². The van der Waals surface area contributed by atoms with Crippen LogP contribution in [0.15, 0.2) is 24.3 Å². The molecule has 1 aromatic rings. The van der Waals surface area contributed by atoms with E-state index in [1.165, 1.54) is 0 Å². The van der Waals surface area contributed by atoms with Crippen molar-refractivity contribution in [3.63, 3.8) is 0 Å². The minimum absolute atomic E-state index is 0.0132. The Morgan fingerprint density at radius 3 is 2.50 bits per heavy atom. The summed E-state index contributed by atoms with van der Waals surface area (Å²) in [6.07, 6.45) is 0. The summed E-state index contributed by atoms with van der Waals surface area (Å²) in [7, 11) is 0. The third-order valence-electron chi connectivity index (χ3n) is 3.56. The number of carbonyl (C=O) groups is 2. The summed E-state index contributed by atoms with van der Waals surface area (Å²) in [5, 5.41) is 20.3. The quantitative estimate of drug-likeness (QED) is 0.877. The molecule has 1 atom stereocenters. The Morgan fingerprint density at radius 1 is 1.40 bits per heavy atom.